The highest BCUT2D eigenvalue weighted by atomic mass is 32.3. The zero-order chi connectivity index (χ0) is 20.6. The average Bonchev–Trinajstić information content (AvgIpc) is 3.38. The van der Waals surface area contributed by atoms with E-state index in [9.17, 15) is 9.59 Å². The summed E-state index contributed by atoms with van der Waals surface area (Å²) in [5, 5.41) is 0.829. The number of carbonyl (C=O) groups excluding carboxylic acids is 2. The predicted molar refractivity (Wildman–Crippen MR) is 144 cm³/mol. The Morgan fingerprint density at radius 1 is 0.700 bits per heavy atom. The lowest BCUT2D eigenvalue weighted by Crippen LogP contribution is -2.50. The van der Waals surface area contributed by atoms with Crippen molar-refractivity contribution in [1.29, 1.82) is 0 Å². The molecule has 7 rings (SSSR count). The van der Waals surface area contributed by atoms with E-state index in [1.807, 2.05) is 94.1 Å². The van der Waals surface area contributed by atoms with Crippen LogP contribution in [-0.2, 0) is 9.59 Å². The minimum atomic E-state index is 0.0819. The Morgan fingerprint density at radius 3 is 1.57 bits per heavy atom. The van der Waals surface area contributed by atoms with Gasteiger partial charge in [0.1, 0.15) is 0 Å². The van der Waals surface area contributed by atoms with Gasteiger partial charge in [0.15, 0.2) is 11.6 Å². The largest absolute Gasteiger partial charge is 0.290 e. The number of carbonyl (C=O) groups is 2. The molecule has 10 heteroatoms. The zero-order valence-electron chi connectivity index (χ0n) is 16.0. The van der Waals surface area contributed by atoms with Gasteiger partial charge >= 0.3 is 0 Å². The van der Waals surface area contributed by atoms with Crippen LogP contribution in [0, 0.1) is 11.8 Å². The molecule has 4 aliphatic carbocycles. The summed E-state index contributed by atoms with van der Waals surface area (Å²) in [5.74, 6) is 0.624. The molecule has 0 saturated heterocycles. The lowest BCUT2D eigenvalue weighted by molar-refractivity contribution is -0.116. The topological polar surface area (TPSA) is 34.1 Å². The molecule has 0 aromatic heterocycles. The van der Waals surface area contributed by atoms with E-state index < -0.39 is 0 Å². The Balaban J connectivity index is 1.28. The van der Waals surface area contributed by atoms with Gasteiger partial charge in [-0.3, -0.25) is 9.59 Å². The van der Waals surface area contributed by atoms with Crippen LogP contribution in [0.1, 0.15) is 12.8 Å². The van der Waals surface area contributed by atoms with E-state index in [0.717, 1.165) is 24.0 Å². The molecule has 4 unspecified atom stereocenters. The first-order chi connectivity index (χ1) is 14.6. The van der Waals surface area contributed by atoms with E-state index >= 15 is 0 Å². The van der Waals surface area contributed by atoms with Crippen LogP contribution in [-0.4, -0.2) is 34.6 Å². The number of ketones is 2. The molecule has 7 aliphatic rings. The first-order valence-corrected chi connectivity index (χ1v) is 16.9. The van der Waals surface area contributed by atoms with E-state index in [4.69, 9.17) is 0 Å². The second-order valence-electron chi connectivity index (χ2n) is 7.39. The summed E-state index contributed by atoms with van der Waals surface area (Å²) in [6, 6.07) is 0. The van der Waals surface area contributed by atoms with Crippen molar-refractivity contribution in [3.63, 3.8) is 0 Å². The molecule has 0 aromatic rings. The smallest absolute Gasteiger partial charge is 0.182 e. The fourth-order valence-corrected chi connectivity index (χ4v) is 17.3. The summed E-state index contributed by atoms with van der Waals surface area (Å²) in [7, 11) is 0. The Kier molecular flexibility index (Phi) is 5.88. The molecular weight excluding hydrogens is 529 g/mol. The van der Waals surface area contributed by atoms with Gasteiger partial charge in [0.2, 0.25) is 0 Å². The highest BCUT2D eigenvalue weighted by Crippen LogP contribution is 2.71. The second kappa shape index (κ2) is 8.25. The molecule has 2 bridgehead atoms. The van der Waals surface area contributed by atoms with E-state index in [-0.39, 0.29) is 23.4 Å². The molecule has 3 aliphatic heterocycles. The fraction of sp³-hybridized carbons (Fsp3) is 0.400. The van der Waals surface area contributed by atoms with Crippen molar-refractivity contribution in [2.24, 2.45) is 11.8 Å². The van der Waals surface area contributed by atoms with Crippen LogP contribution in [0.3, 0.4) is 0 Å². The molecule has 0 spiro atoms. The van der Waals surface area contributed by atoms with Crippen molar-refractivity contribution in [2.45, 2.75) is 23.3 Å². The third-order valence-corrected chi connectivity index (χ3v) is 18.1. The summed E-state index contributed by atoms with van der Waals surface area (Å²) in [6.07, 6.45) is 9.40. The van der Waals surface area contributed by atoms with Crippen molar-refractivity contribution in [2.75, 3.05) is 12.5 Å². The first kappa shape index (κ1) is 21.4. The molecule has 0 aromatic carbocycles. The first-order valence-electron chi connectivity index (χ1n) is 9.45. The van der Waals surface area contributed by atoms with Crippen molar-refractivity contribution in [3.8, 4) is 0 Å². The van der Waals surface area contributed by atoms with Gasteiger partial charge in [-0.25, -0.2) is 0 Å². The maximum Gasteiger partial charge on any atom is 0.182 e. The zero-order valence-corrected chi connectivity index (χ0v) is 22.5. The summed E-state index contributed by atoms with van der Waals surface area (Å²) >= 11 is 15.3. The Labute approximate surface area is 209 Å². The molecular formula is C20H16O2S8. The predicted octanol–water partition coefficient (Wildman–Crippen LogP) is 7.31. The normalized spacial score (nSPS) is 35.0. The molecule has 156 valence electrons. The van der Waals surface area contributed by atoms with Gasteiger partial charge in [0, 0.05) is 33.5 Å². The van der Waals surface area contributed by atoms with Gasteiger partial charge in [0.05, 0.1) is 25.4 Å². The van der Waals surface area contributed by atoms with Crippen LogP contribution >= 0.6 is 94.1 Å². The average molecular weight is 545 g/mol. The number of allylic oxidation sites excluding steroid dienone is 4. The number of hydrogen-bond acceptors (Lipinski definition) is 10. The Morgan fingerprint density at radius 2 is 1.13 bits per heavy atom. The van der Waals surface area contributed by atoms with Gasteiger partial charge < -0.3 is 0 Å². The van der Waals surface area contributed by atoms with Crippen LogP contribution in [0.25, 0.3) is 0 Å². The van der Waals surface area contributed by atoms with E-state index in [2.05, 4.69) is 12.5 Å². The number of rotatable bonds is 2. The van der Waals surface area contributed by atoms with Crippen molar-refractivity contribution < 1.29 is 9.59 Å². The maximum atomic E-state index is 12.7. The van der Waals surface area contributed by atoms with Gasteiger partial charge in [-0.05, 0) is 37.5 Å². The molecule has 3 heterocycles. The van der Waals surface area contributed by atoms with Crippen molar-refractivity contribution >= 4 is 106 Å². The molecule has 0 N–H and O–H groups in total. The molecule has 1 saturated carbocycles. The Hall–Kier alpha value is 0.840. The third kappa shape index (κ3) is 3.26. The quantitative estimate of drug-likeness (QED) is 0.330. The van der Waals surface area contributed by atoms with Crippen LogP contribution < -0.4 is 0 Å². The molecule has 4 atom stereocenters. The standard InChI is InChI=1S/C20H16O2S8/c1-23-15-16(24-2)28-19(27-15)20-29-17-18(30-20)26-14-8-4-3-7(13(14)25-17)11-9(21)5-6-10(22)12(8)11/h5-8,13-14H,3-4H2,1-2H3. The number of thioether (sulfide) groups is 8. The maximum absolute atomic E-state index is 12.7. The summed E-state index contributed by atoms with van der Waals surface area (Å²) < 4.78 is 8.47. The lowest BCUT2D eigenvalue weighted by Gasteiger charge is -2.51. The highest BCUT2D eigenvalue weighted by Gasteiger charge is 2.55. The summed E-state index contributed by atoms with van der Waals surface area (Å²) in [6.45, 7) is 0. The van der Waals surface area contributed by atoms with Crippen LogP contribution in [0.4, 0.5) is 0 Å². The molecule has 0 radical (unpaired) electrons. The van der Waals surface area contributed by atoms with Gasteiger partial charge in [-0.2, -0.15) is 0 Å². The van der Waals surface area contributed by atoms with Crippen LogP contribution in [0.5, 0.6) is 0 Å². The number of hydrogen-bond donors (Lipinski definition) is 0. The van der Waals surface area contributed by atoms with Gasteiger partial charge in [-0.15, -0.1) is 47.0 Å². The summed E-state index contributed by atoms with van der Waals surface area (Å²) in [5.41, 5.74) is 1.71. The molecule has 30 heavy (non-hydrogen) atoms. The minimum Gasteiger partial charge on any atom is -0.290 e. The molecule has 2 nitrogen and oxygen atoms in total. The monoisotopic (exact) mass is 544 g/mol. The van der Waals surface area contributed by atoms with Gasteiger partial charge in [-0.1, -0.05) is 47.0 Å². The van der Waals surface area contributed by atoms with Crippen LogP contribution in [0.2, 0.25) is 0 Å². The van der Waals surface area contributed by atoms with E-state index in [1.54, 1.807) is 0 Å². The SMILES string of the molecule is CSC1=C(SC)SC(=C2SC3=C(S2)SC2C4CCC(C5=C4C(=O)C=CC5=O)C2S3)S1. The van der Waals surface area contributed by atoms with E-state index in [0.29, 0.717) is 10.5 Å². The number of fused-ring (bicyclic) bond motifs is 1. The second-order valence-corrected chi connectivity index (χ2v) is 17.0. The van der Waals surface area contributed by atoms with Crippen molar-refractivity contribution in [3.05, 3.63) is 48.7 Å². The molecule has 1 fully saturated rings. The van der Waals surface area contributed by atoms with Gasteiger partial charge in [0.25, 0.3) is 0 Å². The fourth-order valence-electron chi connectivity index (χ4n) is 4.78. The third-order valence-electron chi connectivity index (χ3n) is 5.95. The van der Waals surface area contributed by atoms with E-state index in [1.165, 1.54) is 37.6 Å². The van der Waals surface area contributed by atoms with Crippen LogP contribution in [0.15, 0.2) is 48.7 Å². The minimum absolute atomic E-state index is 0.0819. The summed E-state index contributed by atoms with van der Waals surface area (Å²) in [4.78, 5) is 25.3. The van der Waals surface area contributed by atoms with Crippen molar-refractivity contribution in [1.82, 2.24) is 0 Å². The molecule has 0 amide bonds. The lowest BCUT2D eigenvalue weighted by atomic mass is 9.63. The highest BCUT2D eigenvalue weighted by molar-refractivity contribution is 8.45. The Bertz CT molecular complexity index is 973.